The van der Waals surface area contributed by atoms with Gasteiger partial charge in [-0.3, -0.25) is 4.79 Å². The monoisotopic (exact) mass is 421 g/mol. The highest BCUT2D eigenvalue weighted by atomic mass is 16.5. The number of para-hydroxylation sites is 1. The number of carbonyl (C=O) groups excluding carboxylic acids is 2. The van der Waals surface area contributed by atoms with Crippen molar-refractivity contribution in [2.24, 2.45) is 0 Å². The molecule has 3 N–H and O–H groups in total. The number of H-pyrrole nitrogens is 1. The second kappa shape index (κ2) is 8.81. The number of piperazine rings is 1. The van der Waals surface area contributed by atoms with E-state index in [1.54, 1.807) is 0 Å². The number of nitrogens with one attached hydrogen (secondary N) is 3. The molecule has 0 bridgehead atoms. The van der Waals surface area contributed by atoms with Crippen molar-refractivity contribution in [3.63, 3.8) is 0 Å². The van der Waals surface area contributed by atoms with E-state index in [-0.39, 0.29) is 11.6 Å². The van der Waals surface area contributed by atoms with Gasteiger partial charge in [0.05, 0.1) is 38.5 Å². The van der Waals surface area contributed by atoms with Gasteiger partial charge in [0.2, 0.25) is 0 Å². The average molecular weight is 422 g/mol. The van der Waals surface area contributed by atoms with Gasteiger partial charge in [-0.05, 0) is 37.6 Å². The molecule has 1 fully saturated rings. The Hall–Kier alpha value is -3.32. The molecule has 1 aromatic heterocycles. The largest absolute Gasteiger partial charge is 0.464 e. The Kier molecular flexibility index (Phi) is 5.95. The molecule has 31 heavy (non-hydrogen) atoms. The molecule has 7 heteroatoms. The third-order valence-corrected chi connectivity index (χ3v) is 5.93. The fraction of sp³-hybridized carbons (Fsp3) is 0.333. The zero-order chi connectivity index (χ0) is 22.0. The lowest BCUT2D eigenvalue weighted by Crippen LogP contribution is -3.16. The standard InChI is InChI=1S/C24H28N4O3/c1-16-7-6-8-18(13-16)28-12-11-27(14-17(28)2)15-21(29)26-22-19-9-4-5-10-20(19)25-23(22)24(30)31-3/h4-10,13,17,25H,11-12,14-15H2,1-3H3,(H,26,29)/p+1/t17-/m1/s1. The van der Waals surface area contributed by atoms with Crippen LogP contribution in [0.3, 0.4) is 0 Å². The molecule has 1 amide bonds. The number of fused-ring (bicyclic) bond motifs is 1. The Morgan fingerprint density at radius 1 is 1.23 bits per heavy atom. The van der Waals surface area contributed by atoms with Crippen molar-refractivity contribution in [2.45, 2.75) is 19.9 Å². The molecular formula is C24H29N4O3+. The van der Waals surface area contributed by atoms with Gasteiger partial charge in [0.25, 0.3) is 5.91 Å². The van der Waals surface area contributed by atoms with Crippen LogP contribution in [0.4, 0.5) is 11.4 Å². The van der Waals surface area contributed by atoms with Crippen LogP contribution < -0.4 is 15.1 Å². The van der Waals surface area contributed by atoms with Crippen molar-refractivity contribution in [2.75, 3.05) is 43.5 Å². The zero-order valence-corrected chi connectivity index (χ0v) is 18.2. The molecule has 7 nitrogen and oxygen atoms in total. The van der Waals surface area contributed by atoms with Gasteiger partial charge < -0.3 is 24.8 Å². The number of hydrogen-bond donors (Lipinski definition) is 3. The van der Waals surface area contributed by atoms with E-state index in [9.17, 15) is 9.59 Å². The van der Waals surface area contributed by atoms with Crippen LogP contribution in [0.15, 0.2) is 48.5 Å². The average Bonchev–Trinajstić information content (AvgIpc) is 3.11. The number of ether oxygens (including phenoxy) is 1. The molecule has 1 unspecified atom stereocenters. The molecule has 1 aliphatic rings. The number of carbonyl (C=O) groups is 2. The Balaban J connectivity index is 1.44. The SMILES string of the molecule is COC(=O)c1[nH]c2ccccc2c1NC(=O)C[NH+]1CCN(c2cccc(C)c2)[C@H](C)C1. The summed E-state index contributed by atoms with van der Waals surface area (Å²) >= 11 is 0. The molecule has 0 spiro atoms. The van der Waals surface area contributed by atoms with Crippen molar-refractivity contribution < 1.29 is 19.2 Å². The first kappa shape index (κ1) is 20.9. The van der Waals surface area contributed by atoms with E-state index in [0.29, 0.717) is 18.3 Å². The minimum atomic E-state index is -0.501. The Morgan fingerprint density at radius 3 is 2.77 bits per heavy atom. The molecule has 0 aliphatic carbocycles. The molecule has 162 valence electrons. The number of methoxy groups -OCH3 is 1. The normalized spacial score (nSPS) is 18.7. The Bertz CT molecular complexity index is 1110. The molecule has 0 saturated carbocycles. The number of benzene rings is 2. The van der Waals surface area contributed by atoms with Gasteiger partial charge in [0.15, 0.2) is 6.54 Å². The molecule has 0 radical (unpaired) electrons. The summed E-state index contributed by atoms with van der Waals surface area (Å²) < 4.78 is 4.88. The number of rotatable bonds is 5. The van der Waals surface area contributed by atoms with E-state index in [2.05, 4.69) is 53.3 Å². The summed E-state index contributed by atoms with van der Waals surface area (Å²) in [5, 5.41) is 3.75. The van der Waals surface area contributed by atoms with Crippen molar-refractivity contribution in [1.29, 1.82) is 0 Å². The van der Waals surface area contributed by atoms with Gasteiger partial charge in [-0.2, -0.15) is 0 Å². The van der Waals surface area contributed by atoms with Crippen molar-refractivity contribution in [3.8, 4) is 0 Å². The molecule has 1 aliphatic heterocycles. The summed E-state index contributed by atoms with van der Waals surface area (Å²) in [4.78, 5) is 31.8. The molecule has 1 saturated heterocycles. The summed E-state index contributed by atoms with van der Waals surface area (Å²) in [7, 11) is 1.33. The number of quaternary nitrogens is 1. The summed E-state index contributed by atoms with van der Waals surface area (Å²) in [6.07, 6.45) is 0. The van der Waals surface area contributed by atoms with Crippen LogP contribution in [0, 0.1) is 6.92 Å². The maximum absolute atomic E-state index is 12.9. The molecular weight excluding hydrogens is 392 g/mol. The molecule has 2 heterocycles. The highest BCUT2D eigenvalue weighted by Gasteiger charge is 2.29. The lowest BCUT2D eigenvalue weighted by Gasteiger charge is -2.38. The van der Waals surface area contributed by atoms with Crippen molar-refractivity contribution in [3.05, 3.63) is 59.8 Å². The van der Waals surface area contributed by atoms with Gasteiger partial charge in [0, 0.05) is 16.6 Å². The van der Waals surface area contributed by atoms with E-state index >= 15 is 0 Å². The smallest absolute Gasteiger partial charge is 0.356 e. The van der Waals surface area contributed by atoms with Crippen LogP contribution in [0.1, 0.15) is 23.0 Å². The van der Waals surface area contributed by atoms with Crippen molar-refractivity contribution in [1.82, 2.24) is 4.98 Å². The third-order valence-electron chi connectivity index (χ3n) is 5.93. The van der Waals surface area contributed by atoms with E-state index in [4.69, 9.17) is 4.74 Å². The summed E-state index contributed by atoms with van der Waals surface area (Å²) in [5.41, 5.74) is 4.02. The second-order valence-electron chi connectivity index (χ2n) is 8.22. The lowest BCUT2D eigenvalue weighted by molar-refractivity contribution is -0.894. The van der Waals surface area contributed by atoms with E-state index < -0.39 is 5.97 Å². The number of anilines is 2. The van der Waals surface area contributed by atoms with Crippen LogP contribution in [-0.4, -0.2) is 56.2 Å². The summed E-state index contributed by atoms with van der Waals surface area (Å²) in [6.45, 7) is 7.31. The number of hydrogen-bond acceptors (Lipinski definition) is 4. The first-order valence-electron chi connectivity index (χ1n) is 10.6. The molecule has 4 rings (SSSR count). The lowest BCUT2D eigenvalue weighted by atomic mass is 10.1. The van der Waals surface area contributed by atoms with Crippen LogP contribution >= 0.6 is 0 Å². The van der Waals surface area contributed by atoms with Crippen LogP contribution in [0.5, 0.6) is 0 Å². The number of aromatic nitrogens is 1. The fourth-order valence-corrected chi connectivity index (χ4v) is 4.42. The van der Waals surface area contributed by atoms with Crippen LogP contribution in [-0.2, 0) is 9.53 Å². The first-order valence-corrected chi connectivity index (χ1v) is 10.6. The number of aryl methyl sites for hydroxylation is 1. The fourth-order valence-electron chi connectivity index (χ4n) is 4.42. The highest BCUT2D eigenvalue weighted by molar-refractivity contribution is 6.11. The van der Waals surface area contributed by atoms with Gasteiger partial charge in [-0.1, -0.05) is 30.3 Å². The van der Waals surface area contributed by atoms with E-state index in [1.165, 1.54) is 23.3 Å². The van der Waals surface area contributed by atoms with Crippen LogP contribution in [0.25, 0.3) is 10.9 Å². The highest BCUT2D eigenvalue weighted by Crippen LogP contribution is 2.28. The summed E-state index contributed by atoms with van der Waals surface area (Å²) in [5.74, 6) is -0.611. The van der Waals surface area contributed by atoms with E-state index in [0.717, 1.165) is 30.5 Å². The maximum atomic E-state index is 12.9. The van der Waals surface area contributed by atoms with E-state index in [1.807, 2.05) is 24.3 Å². The van der Waals surface area contributed by atoms with Crippen LogP contribution in [0.2, 0.25) is 0 Å². The minimum Gasteiger partial charge on any atom is -0.464 e. The predicted octanol–water partition coefficient (Wildman–Crippen LogP) is 2.00. The number of amides is 1. The zero-order valence-electron chi connectivity index (χ0n) is 18.2. The van der Waals surface area contributed by atoms with Gasteiger partial charge >= 0.3 is 5.97 Å². The van der Waals surface area contributed by atoms with Gasteiger partial charge in [0.1, 0.15) is 5.69 Å². The molecule has 2 atom stereocenters. The number of nitrogens with zero attached hydrogens (tertiary/aromatic N) is 1. The quantitative estimate of drug-likeness (QED) is 0.551. The number of aromatic amines is 1. The predicted molar refractivity (Wildman–Crippen MR) is 122 cm³/mol. The molecule has 3 aromatic rings. The second-order valence-corrected chi connectivity index (χ2v) is 8.22. The Morgan fingerprint density at radius 2 is 2.03 bits per heavy atom. The minimum absolute atomic E-state index is 0.110. The van der Waals surface area contributed by atoms with Gasteiger partial charge in [-0.15, -0.1) is 0 Å². The first-order chi connectivity index (χ1) is 15.0. The topological polar surface area (TPSA) is 78.9 Å². The van der Waals surface area contributed by atoms with Gasteiger partial charge in [-0.25, -0.2) is 4.79 Å². The Labute approximate surface area is 182 Å². The maximum Gasteiger partial charge on any atom is 0.356 e. The summed E-state index contributed by atoms with van der Waals surface area (Å²) in [6, 6.07) is 16.4. The molecule has 2 aromatic carbocycles. The third kappa shape index (κ3) is 4.41. The number of esters is 1. The van der Waals surface area contributed by atoms with Crippen molar-refractivity contribution >= 4 is 34.2 Å².